The number of rotatable bonds is 7. The molecule has 0 radical (unpaired) electrons. The molecule has 1 saturated carbocycles. The van der Waals surface area contributed by atoms with E-state index in [-0.39, 0.29) is 11.2 Å². The molecular weight excluding hydrogens is 481 g/mol. The van der Waals surface area contributed by atoms with Gasteiger partial charge < -0.3 is 14.5 Å². The molecule has 0 amide bonds. The summed E-state index contributed by atoms with van der Waals surface area (Å²) in [5.41, 5.74) is -0.684. The predicted octanol–water partition coefficient (Wildman–Crippen LogP) is 3.64. The largest absolute Gasteiger partial charge is 0.374 e. The van der Waals surface area contributed by atoms with Crippen molar-refractivity contribution in [1.29, 1.82) is 0 Å². The van der Waals surface area contributed by atoms with Gasteiger partial charge in [-0.15, -0.1) is 0 Å². The van der Waals surface area contributed by atoms with Gasteiger partial charge in [0.2, 0.25) is 5.95 Å². The SMILES string of the molecule is COC1(C2(N(C)C)CC2)CCN(c2cc(F)c(S(=O)(=O)Nc3cccc(F)n3)c(F)c2Cl)C1. The number of sulfonamides is 1. The van der Waals surface area contributed by atoms with E-state index in [1.54, 1.807) is 12.0 Å². The Kier molecular flexibility index (Phi) is 6.05. The molecule has 2 heterocycles. The number of methoxy groups -OCH3 is 1. The van der Waals surface area contributed by atoms with Gasteiger partial charge in [0.15, 0.2) is 10.7 Å². The Morgan fingerprint density at radius 3 is 2.48 bits per heavy atom. The average Bonchev–Trinajstić information content (AvgIpc) is 3.45. The first kappa shape index (κ1) is 24.1. The number of nitrogens with zero attached hydrogens (tertiary/aromatic N) is 3. The van der Waals surface area contributed by atoms with E-state index in [0.29, 0.717) is 19.5 Å². The molecule has 2 fully saturated rings. The van der Waals surface area contributed by atoms with Gasteiger partial charge in [-0.05, 0) is 45.5 Å². The number of halogens is 4. The molecule has 7 nitrogen and oxygen atoms in total. The van der Waals surface area contributed by atoms with Crippen LogP contribution in [0.4, 0.5) is 24.7 Å². The van der Waals surface area contributed by atoms with Gasteiger partial charge in [0.05, 0.1) is 11.2 Å². The Balaban J connectivity index is 1.67. The van der Waals surface area contributed by atoms with Crippen molar-refractivity contribution in [2.24, 2.45) is 0 Å². The van der Waals surface area contributed by atoms with Crippen LogP contribution >= 0.6 is 11.6 Å². The van der Waals surface area contributed by atoms with E-state index in [1.165, 1.54) is 6.07 Å². The third-order valence-electron chi connectivity index (χ3n) is 6.71. The third-order valence-corrected chi connectivity index (χ3v) is 8.46. The molecular formula is C21H24ClF3N4O3S. The molecule has 33 heavy (non-hydrogen) atoms. The topological polar surface area (TPSA) is 74.8 Å². The minimum absolute atomic E-state index is 0.0444. The molecule has 12 heteroatoms. The quantitative estimate of drug-likeness (QED) is 0.458. The van der Waals surface area contributed by atoms with Crippen LogP contribution in [0.15, 0.2) is 29.2 Å². The van der Waals surface area contributed by atoms with Crippen molar-refractivity contribution in [3.05, 3.63) is 46.9 Å². The lowest BCUT2D eigenvalue weighted by molar-refractivity contribution is -0.0648. The number of anilines is 2. The predicted molar refractivity (Wildman–Crippen MR) is 119 cm³/mol. The van der Waals surface area contributed by atoms with Gasteiger partial charge in [0, 0.05) is 26.3 Å². The second kappa shape index (κ2) is 8.30. The van der Waals surface area contributed by atoms with E-state index in [0.717, 1.165) is 31.0 Å². The van der Waals surface area contributed by atoms with E-state index in [2.05, 4.69) is 9.88 Å². The van der Waals surface area contributed by atoms with Crippen molar-refractivity contribution < 1.29 is 26.3 Å². The summed E-state index contributed by atoms with van der Waals surface area (Å²) in [5.74, 6) is -4.12. The fraction of sp³-hybridized carbons (Fsp3) is 0.476. The van der Waals surface area contributed by atoms with Gasteiger partial charge >= 0.3 is 0 Å². The standard InChI is InChI=1S/C21H24ClF3N4O3S/c1-28(2)20(7-8-20)21(32-3)9-10-29(12-21)14-11-13(23)19(18(25)17(14)22)33(30,31)27-16-6-4-5-15(24)26-16/h4-6,11H,7-10,12H2,1-3H3,(H,26,27). The number of likely N-dealkylation sites (N-methyl/N-ethyl adjacent to an activating group) is 1. The minimum atomic E-state index is -4.77. The van der Waals surface area contributed by atoms with Gasteiger partial charge in [-0.1, -0.05) is 17.7 Å². The Bertz CT molecular complexity index is 1190. The smallest absolute Gasteiger partial charge is 0.268 e. The maximum absolute atomic E-state index is 15.2. The maximum atomic E-state index is 15.2. The molecule has 2 aromatic rings. The normalized spacial score (nSPS) is 22.1. The molecule has 1 aliphatic carbocycles. The Hall–Kier alpha value is -2.08. The summed E-state index contributed by atoms with van der Waals surface area (Å²) in [6.07, 6.45) is 2.50. The van der Waals surface area contributed by atoms with Crippen LogP contribution < -0.4 is 9.62 Å². The first-order valence-electron chi connectivity index (χ1n) is 10.3. The highest BCUT2D eigenvalue weighted by molar-refractivity contribution is 7.92. The number of ether oxygens (including phenoxy) is 1. The van der Waals surface area contributed by atoms with Crippen molar-refractivity contribution in [3.63, 3.8) is 0 Å². The Morgan fingerprint density at radius 1 is 1.21 bits per heavy atom. The van der Waals surface area contributed by atoms with Gasteiger partial charge in [0.1, 0.15) is 22.3 Å². The molecule has 1 aromatic heterocycles. The van der Waals surface area contributed by atoms with Crippen molar-refractivity contribution in [1.82, 2.24) is 9.88 Å². The van der Waals surface area contributed by atoms with Crippen LogP contribution in [-0.2, 0) is 14.8 Å². The van der Waals surface area contributed by atoms with Crippen molar-refractivity contribution in [2.45, 2.75) is 35.3 Å². The monoisotopic (exact) mass is 504 g/mol. The highest BCUT2D eigenvalue weighted by atomic mass is 35.5. The lowest BCUT2D eigenvalue weighted by atomic mass is 9.89. The van der Waals surface area contributed by atoms with Crippen LogP contribution in [0, 0.1) is 17.6 Å². The zero-order valence-corrected chi connectivity index (χ0v) is 19.9. The molecule has 0 spiro atoms. The molecule has 1 N–H and O–H groups in total. The Labute approximate surface area is 195 Å². The second-order valence-corrected chi connectivity index (χ2v) is 10.6. The third kappa shape index (κ3) is 3.94. The summed E-state index contributed by atoms with van der Waals surface area (Å²) in [7, 11) is 0.803. The lowest BCUT2D eigenvalue weighted by Gasteiger charge is -2.41. The molecule has 1 unspecified atom stereocenters. The van der Waals surface area contributed by atoms with Crippen LogP contribution in [0.2, 0.25) is 5.02 Å². The van der Waals surface area contributed by atoms with Gasteiger partial charge in [-0.2, -0.15) is 4.39 Å². The lowest BCUT2D eigenvalue weighted by Crippen LogP contribution is -2.55. The van der Waals surface area contributed by atoms with E-state index in [9.17, 15) is 17.2 Å². The average molecular weight is 505 g/mol. The van der Waals surface area contributed by atoms with E-state index >= 15 is 4.39 Å². The van der Waals surface area contributed by atoms with Gasteiger partial charge in [0.25, 0.3) is 10.0 Å². The number of nitrogens with one attached hydrogen (secondary N) is 1. The van der Waals surface area contributed by atoms with E-state index in [4.69, 9.17) is 16.3 Å². The van der Waals surface area contributed by atoms with E-state index < -0.39 is 48.9 Å². The molecule has 1 saturated heterocycles. The summed E-state index contributed by atoms with van der Waals surface area (Å²) in [4.78, 5) is 5.92. The molecule has 1 aromatic carbocycles. The van der Waals surface area contributed by atoms with E-state index in [1.807, 2.05) is 18.8 Å². The first-order valence-corrected chi connectivity index (χ1v) is 12.1. The number of hydrogen-bond donors (Lipinski definition) is 1. The summed E-state index contributed by atoms with van der Waals surface area (Å²) in [6.45, 7) is 0.775. The van der Waals surface area contributed by atoms with Gasteiger partial charge in [-0.3, -0.25) is 4.72 Å². The summed E-state index contributed by atoms with van der Waals surface area (Å²) in [5, 5.41) is -0.523. The molecule has 1 aliphatic heterocycles. The fourth-order valence-electron chi connectivity index (χ4n) is 4.85. The van der Waals surface area contributed by atoms with Gasteiger partial charge in [-0.25, -0.2) is 22.2 Å². The van der Waals surface area contributed by atoms with Crippen LogP contribution in [-0.4, -0.2) is 63.7 Å². The zero-order chi connectivity index (χ0) is 24.2. The number of hydrogen-bond acceptors (Lipinski definition) is 6. The van der Waals surface area contributed by atoms with Crippen LogP contribution in [0.25, 0.3) is 0 Å². The molecule has 2 aliphatic rings. The van der Waals surface area contributed by atoms with Crippen molar-refractivity contribution >= 4 is 33.1 Å². The zero-order valence-electron chi connectivity index (χ0n) is 18.3. The fourth-order valence-corrected chi connectivity index (χ4v) is 6.32. The highest BCUT2D eigenvalue weighted by Crippen LogP contribution is 2.54. The van der Waals surface area contributed by atoms with Crippen molar-refractivity contribution in [3.8, 4) is 0 Å². The summed E-state index contributed by atoms with van der Waals surface area (Å²) in [6, 6.07) is 4.26. The second-order valence-electron chi connectivity index (χ2n) is 8.58. The minimum Gasteiger partial charge on any atom is -0.374 e. The van der Waals surface area contributed by atoms with Crippen LogP contribution in [0.3, 0.4) is 0 Å². The highest BCUT2D eigenvalue weighted by Gasteiger charge is 2.63. The molecule has 0 bridgehead atoms. The molecule has 1 atom stereocenters. The molecule has 4 rings (SSSR count). The molecule has 180 valence electrons. The number of aromatic nitrogens is 1. The summed E-state index contributed by atoms with van der Waals surface area (Å²) < 4.78 is 76.6. The van der Waals surface area contributed by atoms with Crippen LogP contribution in [0.1, 0.15) is 19.3 Å². The Morgan fingerprint density at radius 2 is 1.91 bits per heavy atom. The number of benzene rings is 1. The summed E-state index contributed by atoms with van der Waals surface area (Å²) >= 11 is 6.21. The maximum Gasteiger partial charge on any atom is 0.268 e. The van der Waals surface area contributed by atoms with Crippen LogP contribution in [0.5, 0.6) is 0 Å². The first-order chi connectivity index (χ1) is 15.5. The number of pyridine rings is 1. The van der Waals surface area contributed by atoms with Crippen molar-refractivity contribution in [2.75, 3.05) is 43.9 Å².